The number of nitrogens with one attached hydrogen (secondary N) is 1. The Morgan fingerprint density at radius 3 is 2.92 bits per heavy atom. The number of amides is 1. The van der Waals surface area contributed by atoms with Gasteiger partial charge in [-0.15, -0.1) is 0 Å². The molecule has 0 aliphatic carbocycles. The summed E-state index contributed by atoms with van der Waals surface area (Å²) in [5.74, 6) is 2.18. The normalized spacial score (nSPS) is 16.0. The fraction of sp³-hybridized carbons (Fsp3) is 0.316. The number of carbonyl (C=O) groups is 1. The molecular weight excluding hydrogens is 340 g/mol. The monoisotopic (exact) mass is 358 g/mol. The van der Waals surface area contributed by atoms with Gasteiger partial charge in [-0.25, -0.2) is 0 Å². The first-order chi connectivity index (χ1) is 12.1. The number of furan rings is 1. The molecule has 1 aromatic carbocycles. The number of nitrogens with zero attached hydrogens (tertiary/aromatic N) is 1. The van der Waals surface area contributed by atoms with Gasteiger partial charge in [-0.05, 0) is 43.7 Å². The minimum absolute atomic E-state index is 0.0450. The fourth-order valence-corrected chi connectivity index (χ4v) is 3.47. The van der Waals surface area contributed by atoms with Crippen molar-refractivity contribution in [2.24, 2.45) is 0 Å². The average Bonchev–Trinajstić information content (AvgIpc) is 3.20. The highest BCUT2D eigenvalue weighted by Gasteiger charge is 2.27. The molecule has 0 saturated heterocycles. The van der Waals surface area contributed by atoms with E-state index in [0.717, 1.165) is 34.6 Å². The van der Waals surface area contributed by atoms with Crippen molar-refractivity contribution in [3.63, 3.8) is 0 Å². The summed E-state index contributed by atoms with van der Waals surface area (Å²) in [5.41, 5.74) is 1.48. The van der Waals surface area contributed by atoms with E-state index in [1.54, 1.807) is 0 Å². The highest BCUT2D eigenvalue weighted by atomic mass is 35.5. The van der Waals surface area contributed by atoms with Crippen LogP contribution in [0.25, 0.3) is 10.9 Å². The van der Waals surface area contributed by atoms with Gasteiger partial charge in [0, 0.05) is 5.39 Å². The Kier molecular flexibility index (Phi) is 3.96. The van der Waals surface area contributed by atoms with E-state index in [-0.39, 0.29) is 12.0 Å². The van der Waals surface area contributed by atoms with E-state index in [2.05, 4.69) is 12.2 Å². The van der Waals surface area contributed by atoms with Crippen molar-refractivity contribution in [1.29, 1.82) is 0 Å². The van der Waals surface area contributed by atoms with Gasteiger partial charge in [0.2, 0.25) is 0 Å². The van der Waals surface area contributed by atoms with E-state index in [4.69, 9.17) is 20.8 Å². The quantitative estimate of drug-likeness (QED) is 0.756. The number of hydrogen-bond acceptors (Lipinski definition) is 3. The SMILES string of the molecule is CC[C@@H]1Cn2c(C(=O)NCc3ccc(C)o3)cc3c(Cl)ccc(c32)O1. The third kappa shape index (κ3) is 2.78. The molecule has 0 radical (unpaired) electrons. The summed E-state index contributed by atoms with van der Waals surface area (Å²) in [6.45, 7) is 4.94. The lowest BCUT2D eigenvalue weighted by Crippen LogP contribution is -2.31. The van der Waals surface area contributed by atoms with Gasteiger partial charge in [0.05, 0.1) is 23.6 Å². The zero-order chi connectivity index (χ0) is 17.6. The number of carbonyl (C=O) groups excluding carboxylic acids is 1. The van der Waals surface area contributed by atoms with Crippen LogP contribution in [0.4, 0.5) is 0 Å². The van der Waals surface area contributed by atoms with Gasteiger partial charge in [0.15, 0.2) is 0 Å². The van der Waals surface area contributed by atoms with E-state index < -0.39 is 0 Å². The van der Waals surface area contributed by atoms with Crippen molar-refractivity contribution >= 4 is 28.4 Å². The molecule has 130 valence electrons. The second-order valence-electron chi connectivity index (χ2n) is 6.29. The van der Waals surface area contributed by atoms with Gasteiger partial charge < -0.3 is 19.0 Å². The van der Waals surface area contributed by atoms with Crippen LogP contribution in [0.5, 0.6) is 5.75 Å². The lowest BCUT2D eigenvalue weighted by Gasteiger charge is -2.26. The maximum Gasteiger partial charge on any atom is 0.268 e. The van der Waals surface area contributed by atoms with Gasteiger partial charge in [0.25, 0.3) is 5.91 Å². The molecule has 3 aromatic rings. The summed E-state index contributed by atoms with van der Waals surface area (Å²) in [4.78, 5) is 12.8. The van der Waals surface area contributed by atoms with E-state index in [0.29, 0.717) is 23.8 Å². The third-order valence-corrected chi connectivity index (χ3v) is 4.89. The number of hydrogen-bond donors (Lipinski definition) is 1. The van der Waals surface area contributed by atoms with Crippen LogP contribution < -0.4 is 10.1 Å². The Balaban J connectivity index is 1.69. The summed E-state index contributed by atoms with van der Waals surface area (Å²) in [6.07, 6.45) is 0.914. The van der Waals surface area contributed by atoms with E-state index in [9.17, 15) is 4.79 Å². The predicted molar refractivity (Wildman–Crippen MR) is 96.3 cm³/mol. The first-order valence-corrected chi connectivity index (χ1v) is 8.76. The van der Waals surface area contributed by atoms with Crippen LogP contribution >= 0.6 is 11.6 Å². The van der Waals surface area contributed by atoms with Crippen molar-refractivity contribution in [3.8, 4) is 5.75 Å². The first kappa shape index (κ1) is 16.1. The molecule has 0 saturated carbocycles. The second kappa shape index (κ2) is 6.15. The average molecular weight is 359 g/mol. The minimum Gasteiger partial charge on any atom is -0.486 e. The number of benzene rings is 1. The van der Waals surface area contributed by atoms with Crippen molar-refractivity contribution in [2.45, 2.75) is 39.5 Å². The number of halogens is 1. The molecule has 2 aromatic heterocycles. The molecule has 1 N–H and O–H groups in total. The highest BCUT2D eigenvalue weighted by Crippen LogP contribution is 2.38. The molecule has 3 heterocycles. The zero-order valence-electron chi connectivity index (χ0n) is 14.1. The van der Waals surface area contributed by atoms with Gasteiger partial charge in [0.1, 0.15) is 29.1 Å². The summed E-state index contributed by atoms with van der Waals surface area (Å²) in [6, 6.07) is 9.27. The van der Waals surface area contributed by atoms with E-state index >= 15 is 0 Å². The topological polar surface area (TPSA) is 56.4 Å². The van der Waals surface area contributed by atoms with Crippen LogP contribution in [-0.4, -0.2) is 16.6 Å². The molecule has 0 spiro atoms. The van der Waals surface area contributed by atoms with Gasteiger partial charge in [-0.1, -0.05) is 18.5 Å². The molecule has 4 rings (SSSR count). The molecule has 1 aliphatic heterocycles. The van der Waals surface area contributed by atoms with Crippen LogP contribution in [0.15, 0.2) is 34.7 Å². The van der Waals surface area contributed by atoms with Crippen LogP contribution in [0.3, 0.4) is 0 Å². The number of ether oxygens (including phenoxy) is 1. The van der Waals surface area contributed by atoms with Crippen molar-refractivity contribution in [1.82, 2.24) is 9.88 Å². The van der Waals surface area contributed by atoms with E-state index in [1.165, 1.54) is 0 Å². The fourth-order valence-electron chi connectivity index (χ4n) is 3.26. The minimum atomic E-state index is -0.149. The standard InChI is InChI=1S/C19H19ClN2O3/c1-3-12-10-22-16(19(23)21-9-13-5-4-11(2)24-13)8-14-15(20)6-7-17(25-12)18(14)22/h4-8,12H,3,9-10H2,1-2H3,(H,21,23)/t12-/m1/s1. The summed E-state index contributed by atoms with van der Waals surface area (Å²) in [5, 5.41) is 4.38. The Hall–Kier alpha value is -2.40. The molecule has 6 heteroatoms. The number of aromatic nitrogens is 1. The smallest absolute Gasteiger partial charge is 0.268 e. The second-order valence-corrected chi connectivity index (χ2v) is 6.70. The van der Waals surface area contributed by atoms with Crippen molar-refractivity contribution < 1.29 is 13.9 Å². The molecular formula is C19H19ClN2O3. The molecule has 25 heavy (non-hydrogen) atoms. The third-order valence-electron chi connectivity index (χ3n) is 4.56. The summed E-state index contributed by atoms with van der Waals surface area (Å²) >= 11 is 6.33. The molecule has 0 bridgehead atoms. The first-order valence-electron chi connectivity index (χ1n) is 8.38. The lowest BCUT2D eigenvalue weighted by atomic mass is 10.2. The number of rotatable bonds is 4. The Morgan fingerprint density at radius 2 is 2.20 bits per heavy atom. The highest BCUT2D eigenvalue weighted by molar-refractivity contribution is 6.36. The van der Waals surface area contributed by atoms with Crippen LogP contribution in [0.2, 0.25) is 5.02 Å². The van der Waals surface area contributed by atoms with Crippen LogP contribution in [0.1, 0.15) is 35.4 Å². The lowest BCUT2D eigenvalue weighted by molar-refractivity contribution is 0.0932. The Labute approximate surface area is 150 Å². The molecule has 0 fully saturated rings. The maximum atomic E-state index is 12.8. The Bertz CT molecular complexity index is 957. The van der Waals surface area contributed by atoms with Gasteiger partial charge >= 0.3 is 0 Å². The molecule has 1 aliphatic rings. The Morgan fingerprint density at radius 1 is 1.36 bits per heavy atom. The molecule has 1 amide bonds. The molecule has 5 nitrogen and oxygen atoms in total. The predicted octanol–water partition coefficient (Wildman–Crippen LogP) is 4.30. The number of aryl methyl sites for hydroxylation is 1. The zero-order valence-corrected chi connectivity index (χ0v) is 14.9. The summed E-state index contributed by atoms with van der Waals surface area (Å²) < 4.78 is 13.5. The maximum absolute atomic E-state index is 12.8. The van der Waals surface area contributed by atoms with Crippen LogP contribution in [0, 0.1) is 6.92 Å². The van der Waals surface area contributed by atoms with Crippen molar-refractivity contribution in [3.05, 3.63) is 52.6 Å². The van der Waals surface area contributed by atoms with Crippen LogP contribution in [-0.2, 0) is 13.1 Å². The van der Waals surface area contributed by atoms with Gasteiger partial charge in [-0.2, -0.15) is 0 Å². The van der Waals surface area contributed by atoms with Crippen molar-refractivity contribution in [2.75, 3.05) is 0 Å². The molecule has 1 atom stereocenters. The van der Waals surface area contributed by atoms with E-state index in [1.807, 2.05) is 41.8 Å². The van der Waals surface area contributed by atoms with Gasteiger partial charge in [-0.3, -0.25) is 4.79 Å². The largest absolute Gasteiger partial charge is 0.486 e. The summed E-state index contributed by atoms with van der Waals surface area (Å²) in [7, 11) is 0. The molecule has 0 unspecified atom stereocenters.